The zero-order chi connectivity index (χ0) is 16.0. The molecule has 0 aliphatic rings. The van der Waals surface area contributed by atoms with Crippen LogP contribution in [0.4, 0.5) is 5.69 Å². The normalized spacial score (nSPS) is 10.6. The van der Waals surface area contributed by atoms with E-state index in [-0.39, 0.29) is 5.91 Å². The summed E-state index contributed by atoms with van der Waals surface area (Å²) in [5, 5.41) is 2.96. The van der Waals surface area contributed by atoms with Crippen LogP contribution in [0.2, 0.25) is 0 Å². The molecule has 0 aromatic heterocycles. The van der Waals surface area contributed by atoms with E-state index in [9.17, 15) is 4.79 Å². The highest BCUT2D eigenvalue weighted by molar-refractivity contribution is 5.94. The predicted molar refractivity (Wildman–Crippen MR) is 95.0 cm³/mol. The van der Waals surface area contributed by atoms with Gasteiger partial charge >= 0.3 is 0 Å². The number of nitrogens with two attached hydrogens (primary N) is 1. The lowest BCUT2D eigenvalue weighted by Gasteiger charge is -2.06. The lowest BCUT2D eigenvalue weighted by Crippen LogP contribution is -2.24. The van der Waals surface area contributed by atoms with Crippen LogP contribution in [0.25, 0.3) is 0 Å². The average molecular weight is 304 g/mol. The van der Waals surface area contributed by atoms with Gasteiger partial charge in [-0.25, -0.2) is 0 Å². The summed E-state index contributed by atoms with van der Waals surface area (Å²) < 4.78 is 0. The van der Waals surface area contributed by atoms with Crippen LogP contribution in [-0.4, -0.2) is 12.5 Å². The van der Waals surface area contributed by atoms with Crippen molar-refractivity contribution in [2.24, 2.45) is 0 Å². The number of amides is 1. The molecule has 3 heteroatoms. The Bertz CT molecular complexity index is 400. The van der Waals surface area contributed by atoms with E-state index in [1.54, 1.807) is 24.3 Å². The van der Waals surface area contributed by atoms with E-state index in [1.165, 1.54) is 57.8 Å². The summed E-state index contributed by atoms with van der Waals surface area (Å²) >= 11 is 0. The van der Waals surface area contributed by atoms with Gasteiger partial charge in [-0.15, -0.1) is 0 Å². The Kier molecular flexibility index (Phi) is 10.2. The molecular weight excluding hydrogens is 272 g/mol. The Morgan fingerprint density at radius 2 is 1.36 bits per heavy atom. The van der Waals surface area contributed by atoms with Gasteiger partial charge in [-0.1, -0.05) is 64.7 Å². The molecule has 1 rings (SSSR count). The molecule has 1 aromatic rings. The average Bonchev–Trinajstić information content (AvgIpc) is 2.53. The molecule has 0 radical (unpaired) electrons. The van der Waals surface area contributed by atoms with Crippen molar-refractivity contribution in [1.29, 1.82) is 0 Å². The van der Waals surface area contributed by atoms with Gasteiger partial charge in [-0.3, -0.25) is 4.79 Å². The Labute approximate surface area is 135 Å². The number of nitrogens with one attached hydrogen (secondary N) is 1. The quantitative estimate of drug-likeness (QED) is 0.425. The van der Waals surface area contributed by atoms with Crippen LogP contribution < -0.4 is 11.1 Å². The zero-order valence-corrected chi connectivity index (χ0v) is 14.1. The van der Waals surface area contributed by atoms with Gasteiger partial charge in [0, 0.05) is 17.8 Å². The van der Waals surface area contributed by atoms with E-state index >= 15 is 0 Å². The van der Waals surface area contributed by atoms with E-state index in [4.69, 9.17) is 5.73 Å². The van der Waals surface area contributed by atoms with Crippen LogP contribution in [0.3, 0.4) is 0 Å². The molecule has 1 aromatic carbocycles. The molecule has 0 saturated carbocycles. The van der Waals surface area contributed by atoms with Crippen molar-refractivity contribution in [3.05, 3.63) is 29.8 Å². The van der Waals surface area contributed by atoms with Crippen molar-refractivity contribution in [3.8, 4) is 0 Å². The van der Waals surface area contributed by atoms with Crippen LogP contribution in [0, 0.1) is 0 Å². The smallest absolute Gasteiger partial charge is 0.251 e. The highest BCUT2D eigenvalue weighted by Crippen LogP contribution is 2.10. The first-order valence-corrected chi connectivity index (χ1v) is 8.87. The monoisotopic (exact) mass is 304 g/mol. The number of hydrogen-bond acceptors (Lipinski definition) is 2. The summed E-state index contributed by atoms with van der Waals surface area (Å²) in [6, 6.07) is 7.05. The van der Waals surface area contributed by atoms with Crippen LogP contribution in [0.1, 0.15) is 81.5 Å². The third kappa shape index (κ3) is 8.71. The summed E-state index contributed by atoms with van der Waals surface area (Å²) in [4.78, 5) is 11.9. The topological polar surface area (TPSA) is 55.1 Å². The minimum atomic E-state index is -0.00377. The second-order valence-electron chi connectivity index (χ2n) is 6.06. The van der Waals surface area contributed by atoms with Gasteiger partial charge in [0.15, 0.2) is 0 Å². The molecule has 0 aliphatic heterocycles. The molecule has 3 N–H and O–H groups in total. The van der Waals surface area contributed by atoms with E-state index < -0.39 is 0 Å². The molecule has 3 nitrogen and oxygen atoms in total. The largest absolute Gasteiger partial charge is 0.399 e. The first-order valence-electron chi connectivity index (χ1n) is 8.87. The number of hydrogen-bond donors (Lipinski definition) is 2. The van der Waals surface area contributed by atoms with Crippen LogP contribution in [0.15, 0.2) is 24.3 Å². The number of unbranched alkanes of at least 4 members (excludes halogenated alkanes) is 9. The van der Waals surface area contributed by atoms with Gasteiger partial charge in [0.1, 0.15) is 0 Å². The van der Waals surface area contributed by atoms with Gasteiger partial charge in [0.25, 0.3) is 5.91 Å². The summed E-state index contributed by atoms with van der Waals surface area (Å²) in [5.41, 5.74) is 6.98. The fourth-order valence-electron chi connectivity index (χ4n) is 2.55. The fourth-order valence-corrected chi connectivity index (χ4v) is 2.55. The fraction of sp³-hybridized carbons (Fsp3) is 0.632. The maximum atomic E-state index is 11.9. The van der Waals surface area contributed by atoms with Gasteiger partial charge in [0.2, 0.25) is 0 Å². The number of anilines is 1. The Balaban J connectivity index is 1.93. The molecule has 0 heterocycles. The maximum Gasteiger partial charge on any atom is 0.251 e. The highest BCUT2D eigenvalue weighted by atomic mass is 16.1. The second kappa shape index (κ2) is 12.1. The lowest BCUT2D eigenvalue weighted by molar-refractivity contribution is 0.0953. The van der Waals surface area contributed by atoms with Gasteiger partial charge < -0.3 is 11.1 Å². The van der Waals surface area contributed by atoms with E-state index in [2.05, 4.69) is 12.2 Å². The Morgan fingerprint density at radius 3 is 1.91 bits per heavy atom. The maximum absolute atomic E-state index is 11.9. The van der Waals surface area contributed by atoms with E-state index in [0.29, 0.717) is 11.3 Å². The molecule has 0 aliphatic carbocycles. The lowest BCUT2D eigenvalue weighted by atomic mass is 10.1. The zero-order valence-electron chi connectivity index (χ0n) is 14.1. The Morgan fingerprint density at radius 1 is 0.864 bits per heavy atom. The number of rotatable bonds is 12. The molecule has 0 saturated heterocycles. The van der Waals surface area contributed by atoms with Crippen LogP contribution in [-0.2, 0) is 0 Å². The number of carbonyl (C=O) groups is 1. The van der Waals surface area contributed by atoms with Gasteiger partial charge in [0.05, 0.1) is 0 Å². The molecule has 0 bridgehead atoms. The predicted octanol–water partition coefficient (Wildman–Crippen LogP) is 4.92. The molecule has 0 fully saturated rings. The Hall–Kier alpha value is -1.51. The van der Waals surface area contributed by atoms with Crippen molar-refractivity contribution >= 4 is 11.6 Å². The number of nitrogen functional groups attached to an aromatic ring is 1. The minimum Gasteiger partial charge on any atom is -0.399 e. The van der Waals surface area contributed by atoms with Crippen molar-refractivity contribution in [3.63, 3.8) is 0 Å². The second-order valence-corrected chi connectivity index (χ2v) is 6.06. The molecule has 0 unspecified atom stereocenters. The molecule has 1 amide bonds. The standard InChI is InChI=1S/C19H32N2O/c1-2-3-4-5-6-7-8-9-10-11-16-21-19(22)17-12-14-18(20)15-13-17/h12-15H,2-11,16,20H2,1H3,(H,21,22). The highest BCUT2D eigenvalue weighted by Gasteiger charge is 2.03. The van der Waals surface area contributed by atoms with Crippen molar-refractivity contribution in [1.82, 2.24) is 5.32 Å². The molecule has 0 atom stereocenters. The molecular formula is C19H32N2O. The first kappa shape index (κ1) is 18.5. The molecule has 22 heavy (non-hydrogen) atoms. The third-order valence-corrected chi connectivity index (χ3v) is 3.99. The van der Waals surface area contributed by atoms with Crippen LogP contribution >= 0.6 is 0 Å². The van der Waals surface area contributed by atoms with E-state index in [0.717, 1.165) is 13.0 Å². The SMILES string of the molecule is CCCCCCCCCCCCNC(=O)c1ccc(N)cc1. The molecule has 124 valence electrons. The minimum absolute atomic E-state index is 0.00377. The van der Waals surface area contributed by atoms with Gasteiger partial charge in [-0.2, -0.15) is 0 Å². The summed E-state index contributed by atoms with van der Waals surface area (Å²) in [6.07, 6.45) is 13.1. The summed E-state index contributed by atoms with van der Waals surface area (Å²) in [7, 11) is 0. The van der Waals surface area contributed by atoms with Crippen LogP contribution in [0.5, 0.6) is 0 Å². The van der Waals surface area contributed by atoms with Crippen molar-refractivity contribution in [2.75, 3.05) is 12.3 Å². The third-order valence-electron chi connectivity index (χ3n) is 3.99. The first-order chi connectivity index (χ1) is 10.7. The molecule has 0 spiro atoms. The van der Waals surface area contributed by atoms with E-state index in [1.807, 2.05) is 0 Å². The summed E-state index contributed by atoms with van der Waals surface area (Å²) in [6.45, 7) is 3.02. The van der Waals surface area contributed by atoms with Crippen molar-refractivity contribution in [2.45, 2.75) is 71.1 Å². The van der Waals surface area contributed by atoms with Crippen molar-refractivity contribution < 1.29 is 4.79 Å². The number of carbonyl (C=O) groups excluding carboxylic acids is 1. The summed E-state index contributed by atoms with van der Waals surface area (Å²) in [5.74, 6) is -0.00377. The van der Waals surface area contributed by atoms with Gasteiger partial charge in [-0.05, 0) is 30.7 Å². The number of benzene rings is 1.